The summed E-state index contributed by atoms with van der Waals surface area (Å²) in [6.07, 6.45) is 0.345. The molecule has 0 aliphatic rings. The van der Waals surface area contributed by atoms with Crippen LogP contribution in [-0.2, 0) is 6.42 Å². The highest BCUT2D eigenvalue weighted by atomic mass is 19.1. The molecule has 0 unspecified atom stereocenters. The van der Waals surface area contributed by atoms with Gasteiger partial charge in [0.15, 0.2) is 0 Å². The Morgan fingerprint density at radius 3 is 2.08 bits per heavy atom. The average Bonchev–Trinajstić information content (AvgIpc) is 1.96. The number of hydrogen-bond acceptors (Lipinski definition) is 1. The minimum absolute atomic E-state index is 0.0489. The first-order valence-corrected chi connectivity index (χ1v) is 4.17. The average molecular weight is 186 g/mol. The zero-order valence-corrected chi connectivity index (χ0v) is 7.64. The molecule has 72 valence electrons. The van der Waals surface area contributed by atoms with E-state index < -0.39 is 11.6 Å². The van der Waals surface area contributed by atoms with Crippen molar-refractivity contribution in [3.63, 3.8) is 0 Å². The van der Waals surface area contributed by atoms with E-state index in [2.05, 4.69) is 0 Å². The van der Waals surface area contributed by atoms with Gasteiger partial charge in [-0.3, -0.25) is 0 Å². The lowest BCUT2D eigenvalue weighted by atomic mass is 10.0. The number of phenolic OH excluding ortho intramolecular Hbond substituents is 1. The summed E-state index contributed by atoms with van der Waals surface area (Å²) in [5, 5.41) is 8.87. The second-order valence-corrected chi connectivity index (χ2v) is 3.49. The molecule has 1 nitrogen and oxygen atoms in total. The minimum atomic E-state index is -0.675. The number of aromatic hydroxyl groups is 1. The molecule has 1 aromatic rings. The van der Waals surface area contributed by atoms with Crippen LogP contribution in [-0.4, -0.2) is 5.11 Å². The smallest absolute Gasteiger partial charge is 0.133 e. The Kier molecular flexibility index (Phi) is 2.86. The molecule has 0 saturated carbocycles. The van der Waals surface area contributed by atoms with Gasteiger partial charge in [-0.1, -0.05) is 13.8 Å². The fraction of sp³-hybridized carbons (Fsp3) is 0.400. The van der Waals surface area contributed by atoms with Gasteiger partial charge in [0.25, 0.3) is 0 Å². The van der Waals surface area contributed by atoms with Crippen LogP contribution in [0.15, 0.2) is 12.1 Å². The van der Waals surface area contributed by atoms with Gasteiger partial charge in [0.05, 0.1) is 0 Å². The Morgan fingerprint density at radius 1 is 1.23 bits per heavy atom. The van der Waals surface area contributed by atoms with Crippen LogP contribution in [0.5, 0.6) is 5.75 Å². The zero-order valence-electron chi connectivity index (χ0n) is 7.64. The topological polar surface area (TPSA) is 20.2 Å². The van der Waals surface area contributed by atoms with E-state index in [1.807, 2.05) is 13.8 Å². The van der Waals surface area contributed by atoms with Crippen LogP contribution < -0.4 is 0 Å². The summed E-state index contributed by atoms with van der Waals surface area (Å²) >= 11 is 0. The van der Waals surface area contributed by atoms with E-state index in [4.69, 9.17) is 5.11 Å². The summed E-state index contributed by atoms with van der Waals surface area (Å²) < 4.78 is 26.1. The second-order valence-electron chi connectivity index (χ2n) is 3.49. The monoisotopic (exact) mass is 186 g/mol. The Balaban J connectivity index is 3.06. The second kappa shape index (κ2) is 3.73. The van der Waals surface area contributed by atoms with Crippen molar-refractivity contribution in [3.8, 4) is 5.75 Å². The molecular weight excluding hydrogens is 174 g/mol. The molecule has 0 atom stereocenters. The molecule has 0 aromatic heterocycles. The Morgan fingerprint density at radius 2 is 1.69 bits per heavy atom. The Labute approximate surface area is 76.0 Å². The van der Waals surface area contributed by atoms with Gasteiger partial charge in [0.2, 0.25) is 0 Å². The highest BCUT2D eigenvalue weighted by Crippen LogP contribution is 2.21. The third kappa shape index (κ3) is 2.41. The zero-order chi connectivity index (χ0) is 10.0. The molecule has 1 aromatic carbocycles. The first-order chi connectivity index (χ1) is 6.00. The first kappa shape index (κ1) is 9.96. The molecule has 13 heavy (non-hydrogen) atoms. The molecule has 0 fully saturated rings. The van der Waals surface area contributed by atoms with E-state index >= 15 is 0 Å². The standard InChI is InChI=1S/C10H12F2O/c1-6(2)3-8-9(11)4-7(13)5-10(8)12/h4-6,13H,3H2,1-2H3. The highest BCUT2D eigenvalue weighted by Gasteiger charge is 2.11. The van der Waals surface area contributed by atoms with Crippen molar-refractivity contribution in [2.24, 2.45) is 5.92 Å². The van der Waals surface area contributed by atoms with E-state index in [-0.39, 0.29) is 17.2 Å². The lowest BCUT2D eigenvalue weighted by molar-refractivity contribution is 0.453. The summed E-state index contributed by atoms with van der Waals surface area (Å²) in [5.74, 6) is -1.53. The SMILES string of the molecule is CC(C)Cc1c(F)cc(O)cc1F. The van der Waals surface area contributed by atoms with E-state index in [1.54, 1.807) is 0 Å². The molecule has 3 heteroatoms. The van der Waals surface area contributed by atoms with Gasteiger partial charge in [-0.05, 0) is 12.3 Å². The van der Waals surface area contributed by atoms with Crippen molar-refractivity contribution in [1.29, 1.82) is 0 Å². The van der Waals surface area contributed by atoms with Crippen LogP contribution in [0.2, 0.25) is 0 Å². The van der Waals surface area contributed by atoms with Crippen LogP contribution in [0, 0.1) is 17.6 Å². The lowest BCUT2D eigenvalue weighted by Gasteiger charge is -2.07. The quantitative estimate of drug-likeness (QED) is 0.752. The molecule has 1 rings (SSSR count). The molecule has 0 saturated heterocycles. The van der Waals surface area contributed by atoms with Crippen LogP contribution in [0.3, 0.4) is 0 Å². The highest BCUT2D eigenvalue weighted by molar-refractivity contribution is 5.29. The molecule has 0 amide bonds. The van der Waals surface area contributed by atoms with E-state index in [1.165, 1.54) is 0 Å². The van der Waals surface area contributed by atoms with E-state index in [9.17, 15) is 8.78 Å². The predicted molar refractivity (Wildman–Crippen MR) is 46.6 cm³/mol. The van der Waals surface area contributed by atoms with Crippen molar-refractivity contribution >= 4 is 0 Å². The van der Waals surface area contributed by atoms with Gasteiger partial charge in [0.1, 0.15) is 17.4 Å². The maximum atomic E-state index is 13.1. The minimum Gasteiger partial charge on any atom is -0.508 e. The number of benzene rings is 1. The predicted octanol–water partition coefficient (Wildman–Crippen LogP) is 2.87. The fourth-order valence-electron chi connectivity index (χ4n) is 1.19. The van der Waals surface area contributed by atoms with E-state index in [0.717, 1.165) is 12.1 Å². The van der Waals surface area contributed by atoms with Crippen molar-refractivity contribution in [1.82, 2.24) is 0 Å². The van der Waals surface area contributed by atoms with E-state index in [0.29, 0.717) is 6.42 Å². The molecular formula is C10H12F2O. The maximum absolute atomic E-state index is 13.1. The first-order valence-electron chi connectivity index (χ1n) is 4.17. The summed E-state index contributed by atoms with van der Waals surface area (Å²) in [7, 11) is 0. The Bertz CT molecular complexity index is 285. The van der Waals surface area contributed by atoms with Gasteiger partial charge >= 0.3 is 0 Å². The summed E-state index contributed by atoms with van der Waals surface area (Å²) in [5.41, 5.74) is 0.0489. The maximum Gasteiger partial charge on any atom is 0.133 e. The third-order valence-electron chi connectivity index (χ3n) is 1.74. The Hall–Kier alpha value is -1.12. The van der Waals surface area contributed by atoms with Gasteiger partial charge in [-0.25, -0.2) is 8.78 Å². The summed E-state index contributed by atoms with van der Waals surface area (Å²) in [6.45, 7) is 3.76. The molecule has 0 spiro atoms. The molecule has 0 radical (unpaired) electrons. The fourth-order valence-corrected chi connectivity index (χ4v) is 1.19. The number of halogens is 2. The number of rotatable bonds is 2. The van der Waals surface area contributed by atoms with Gasteiger partial charge in [-0.15, -0.1) is 0 Å². The third-order valence-corrected chi connectivity index (χ3v) is 1.74. The van der Waals surface area contributed by atoms with Crippen molar-refractivity contribution < 1.29 is 13.9 Å². The van der Waals surface area contributed by atoms with Gasteiger partial charge in [-0.2, -0.15) is 0 Å². The number of hydrogen-bond donors (Lipinski definition) is 1. The van der Waals surface area contributed by atoms with Crippen molar-refractivity contribution in [2.45, 2.75) is 20.3 Å². The molecule has 0 bridgehead atoms. The lowest BCUT2D eigenvalue weighted by Crippen LogP contribution is -2.00. The van der Waals surface area contributed by atoms with Gasteiger partial charge < -0.3 is 5.11 Å². The molecule has 0 heterocycles. The van der Waals surface area contributed by atoms with Crippen LogP contribution in [0.4, 0.5) is 8.78 Å². The number of phenols is 1. The largest absolute Gasteiger partial charge is 0.508 e. The molecule has 0 aliphatic heterocycles. The van der Waals surface area contributed by atoms with Crippen LogP contribution >= 0.6 is 0 Å². The normalized spacial score (nSPS) is 10.8. The van der Waals surface area contributed by atoms with Crippen LogP contribution in [0.25, 0.3) is 0 Å². The summed E-state index contributed by atoms with van der Waals surface area (Å²) in [4.78, 5) is 0. The molecule has 0 aliphatic carbocycles. The molecule has 1 N–H and O–H groups in total. The summed E-state index contributed by atoms with van der Waals surface area (Å²) in [6, 6.07) is 1.86. The van der Waals surface area contributed by atoms with Crippen molar-refractivity contribution in [3.05, 3.63) is 29.3 Å². The van der Waals surface area contributed by atoms with Crippen LogP contribution in [0.1, 0.15) is 19.4 Å². The van der Waals surface area contributed by atoms with Crippen molar-refractivity contribution in [2.75, 3.05) is 0 Å². The van der Waals surface area contributed by atoms with Gasteiger partial charge in [0, 0.05) is 17.7 Å².